The zero-order valence-corrected chi connectivity index (χ0v) is 13.2. The van der Waals surface area contributed by atoms with Crippen LogP contribution >= 0.6 is 0 Å². The van der Waals surface area contributed by atoms with Crippen LogP contribution in [0.2, 0.25) is 0 Å². The molecule has 1 fully saturated rings. The number of aryl methyl sites for hydroxylation is 2. The molecule has 0 aliphatic carbocycles. The molecule has 6 heteroatoms. The highest BCUT2D eigenvalue weighted by Crippen LogP contribution is 2.21. The van der Waals surface area contributed by atoms with Crippen LogP contribution < -0.4 is 10.2 Å². The summed E-state index contributed by atoms with van der Waals surface area (Å²) < 4.78 is 4.90. The number of rotatable bonds is 3. The molecule has 2 amide bonds. The van der Waals surface area contributed by atoms with E-state index in [9.17, 15) is 9.59 Å². The fourth-order valence-electron chi connectivity index (χ4n) is 2.70. The maximum absolute atomic E-state index is 12.7. The molecule has 6 nitrogen and oxygen atoms in total. The summed E-state index contributed by atoms with van der Waals surface area (Å²) in [5.41, 5.74) is 2.20. The molecule has 1 aliphatic rings. The second-order valence-corrected chi connectivity index (χ2v) is 5.82. The summed E-state index contributed by atoms with van der Waals surface area (Å²) >= 11 is 0. The Hall–Kier alpha value is -2.63. The molecule has 120 valence electrons. The number of aromatic nitrogens is 1. The molecule has 23 heavy (non-hydrogen) atoms. The van der Waals surface area contributed by atoms with E-state index in [2.05, 4.69) is 10.5 Å². The zero-order valence-electron chi connectivity index (χ0n) is 13.2. The van der Waals surface area contributed by atoms with Crippen LogP contribution in [0.1, 0.15) is 34.7 Å². The van der Waals surface area contributed by atoms with Gasteiger partial charge in [0.05, 0.1) is 0 Å². The smallest absolute Gasteiger partial charge is 0.274 e. The molecule has 0 saturated carbocycles. The minimum atomic E-state index is -0.533. The lowest BCUT2D eigenvalue weighted by Crippen LogP contribution is -2.52. The summed E-state index contributed by atoms with van der Waals surface area (Å²) in [4.78, 5) is 26.5. The number of hydrogen-bond donors (Lipinski definition) is 1. The lowest BCUT2D eigenvalue weighted by atomic mass is 10.0. The highest BCUT2D eigenvalue weighted by Gasteiger charge is 2.31. The number of nitrogens with one attached hydrogen (secondary N) is 1. The normalized spacial score (nSPS) is 18.1. The minimum absolute atomic E-state index is 0.0892. The molecule has 2 heterocycles. The summed E-state index contributed by atoms with van der Waals surface area (Å²) in [5.74, 6) is 0.0889. The van der Waals surface area contributed by atoms with E-state index in [0.717, 1.165) is 17.7 Å². The maximum Gasteiger partial charge on any atom is 0.274 e. The number of hydrogen-bond acceptors (Lipinski definition) is 4. The number of carbonyl (C=O) groups is 2. The van der Waals surface area contributed by atoms with Gasteiger partial charge in [-0.3, -0.25) is 9.59 Å². The number of carbonyl (C=O) groups excluding carboxylic acids is 2. The SMILES string of the molecule is Cc1ccc(N2CCC[C@H](NC(=O)c3cc(C)on3)C2=O)cc1. The van der Waals surface area contributed by atoms with Crippen molar-refractivity contribution in [2.75, 3.05) is 11.4 Å². The van der Waals surface area contributed by atoms with Crippen molar-refractivity contribution < 1.29 is 14.1 Å². The van der Waals surface area contributed by atoms with E-state index in [4.69, 9.17) is 4.52 Å². The number of benzene rings is 1. The standard InChI is InChI=1S/C17H19N3O3/c1-11-5-7-13(8-6-11)20-9-3-4-14(17(20)22)18-16(21)15-10-12(2)23-19-15/h5-8,10,14H,3-4,9H2,1-2H3,(H,18,21)/t14-/m0/s1. The Morgan fingerprint density at radius 2 is 2.04 bits per heavy atom. The van der Waals surface area contributed by atoms with Crippen LogP contribution in [0.3, 0.4) is 0 Å². The molecule has 0 unspecified atom stereocenters. The van der Waals surface area contributed by atoms with Crippen molar-refractivity contribution >= 4 is 17.5 Å². The van der Waals surface area contributed by atoms with E-state index in [1.165, 1.54) is 0 Å². The van der Waals surface area contributed by atoms with E-state index in [1.807, 2.05) is 31.2 Å². The fourth-order valence-corrected chi connectivity index (χ4v) is 2.70. The van der Waals surface area contributed by atoms with E-state index < -0.39 is 6.04 Å². The average Bonchev–Trinajstić information content (AvgIpc) is 2.97. The van der Waals surface area contributed by atoms with Crippen molar-refractivity contribution in [1.82, 2.24) is 10.5 Å². The van der Waals surface area contributed by atoms with Crippen molar-refractivity contribution in [2.45, 2.75) is 32.7 Å². The predicted molar refractivity (Wildman–Crippen MR) is 85.3 cm³/mol. The first-order chi connectivity index (χ1) is 11.0. The Labute approximate surface area is 134 Å². The van der Waals surface area contributed by atoms with Crippen molar-refractivity contribution in [3.8, 4) is 0 Å². The van der Waals surface area contributed by atoms with Crippen LogP contribution in [0.15, 0.2) is 34.9 Å². The van der Waals surface area contributed by atoms with Crippen molar-refractivity contribution in [2.24, 2.45) is 0 Å². The Morgan fingerprint density at radius 3 is 2.70 bits per heavy atom. The lowest BCUT2D eigenvalue weighted by molar-refractivity contribution is -0.121. The van der Waals surface area contributed by atoms with Gasteiger partial charge in [-0.2, -0.15) is 0 Å². The van der Waals surface area contributed by atoms with Crippen LogP contribution in [-0.2, 0) is 4.79 Å². The summed E-state index contributed by atoms with van der Waals surface area (Å²) in [6, 6.07) is 8.83. The van der Waals surface area contributed by atoms with E-state index in [1.54, 1.807) is 17.9 Å². The van der Waals surface area contributed by atoms with Gasteiger partial charge >= 0.3 is 0 Å². The molecule has 0 radical (unpaired) electrons. The summed E-state index contributed by atoms with van der Waals surface area (Å²) in [6.07, 6.45) is 1.46. The number of piperidine rings is 1. The van der Waals surface area contributed by atoms with E-state index >= 15 is 0 Å². The molecule has 1 aromatic heterocycles. The van der Waals surface area contributed by atoms with Gasteiger partial charge in [0.1, 0.15) is 11.8 Å². The monoisotopic (exact) mass is 313 g/mol. The highest BCUT2D eigenvalue weighted by atomic mass is 16.5. The molecule has 0 bridgehead atoms. The van der Waals surface area contributed by atoms with Crippen molar-refractivity contribution in [3.63, 3.8) is 0 Å². The van der Waals surface area contributed by atoms with Crippen LogP contribution in [0.4, 0.5) is 5.69 Å². The van der Waals surface area contributed by atoms with Gasteiger partial charge in [0.15, 0.2) is 5.69 Å². The second kappa shape index (κ2) is 6.24. The molecule has 0 spiro atoms. The molecular weight excluding hydrogens is 294 g/mol. The van der Waals surface area contributed by atoms with Gasteiger partial charge in [0.25, 0.3) is 5.91 Å². The summed E-state index contributed by atoms with van der Waals surface area (Å²) in [5, 5.41) is 6.44. The summed E-state index contributed by atoms with van der Waals surface area (Å²) in [7, 11) is 0. The quantitative estimate of drug-likeness (QED) is 0.942. The van der Waals surface area contributed by atoms with Gasteiger partial charge in [-0.15, -0.1) is 0 Å². The molecular formula is C17H19N3O3. The van der Waals surface area contributed by atoms with Crippen LogP contribution in [0.5, 0.6) is 0 Å². The zero-order chi connectivity index (χ0) is 16.4. The Morgan fingerprint density at radius 1 is 1.30 bits per heavy atom. The van der Waals surface area contributed by atoms with Crippen LogP contribution in [-0.4, -0.2) is 29.6 Å². The predicted octanol–water partition coefficient (Wildman–Crippen LogP) is 2.22. The molecule has 1 atom stereocenters. The van der Waals surface area contributed by atoms with Crippen molar-refractivity contribution in [3.05, 3.63) is 47.3 Å². The van der Waals surface area contributed by atoms with Gasteiger partial charge < -0.3 is 14.7 Å². The molecule has 1 N–H and O–H groups in total. The van der Waals surface area contributed by atoms with Crippen LogP contribution in [0.25, 0.3) is 0 Å². The van der Waals surface area contributed by atoms with E-state index in [-0.39, 0.29) is 17.5 Å². The number of nitrogens with zero attached hydrogens (tertiary/aromatic N) is 2. The Balaban J connectivity index is 1.72. The van der Waals surface area contributed by atoms with Gasteiger partial charge in [0, 0.05) is 18.3 Å². The van der Waals surface area contributed by atoms with Crippen molar-refractivity contribution in [1.29, 1.82) is 0 Å². The van der Waals surface area contributed by atoms with Gasteiger partial charge in [-0.05, 0) is 38.8 Å². The first-order valence-corrected chi connectivity index (χ1v) is 7.67. The third-order valence-electron chi connectivity index (χ3n) is 3.95. The molecule has 1 saturated heterocycles. The van der Waals surface area contributed by atoms with Gasteiger partial charge in [-0.1, -0.05) is 22.9 Å². The fraction of sp³-hybridized carbons (Fsp3) is 0.353. The average molecular weight is 313 g/mol. The topological polar surface area (TPSA) is 75.4 Å². The van der Waals surface area contributed by atoms with E-state index in [0.29, 0.717) is 18.7 Å². The Kier molecular flexibility index (Phi) is 4.14. The van der Waals surface area contributed by atoms with Crippen LogP contribution in [0, 0.1) is 13.8 Å². The highest BCUT2D eigenvalue weighted by molar-refractivity contribution is 6.02. The number of anilines is 1. The third kappa shape index (κ3) is 3.26. The largest absolute Gasteiger partial charge is 0.361 e. The maximum atomic E-state index is 12.7. The molecule has 1 aromatic carbocycles. The lowest BCUT2D eigenvalue weighted by Gasteiger charge is -2.32. The Bertz CT molecular complexity index is 721. The molecule has 3 rings (SSSR count). The summed E-state index contributed by atoms with van der Waals surface area (Å²) in [6.45, 7) is 4.39. The molecule has 2 aromatic rings. The first-order valence-electron chi connectivity index (χ1n) is 7.67. The number of amides is 2. The third-order valence-corrected chi connectivity index (χ3v) is 3.95. The second-order valence-electron chi connectivity index (χ2n) is 5.82. The molecule has 1 aliphatic heterocycles. The first kappa shape index (κ1) is 15.3. The van der Waals surface area contributed by atoms with Gasteiger partial charge in [0.2, 0.25) is 5.91 Å². The minimum Gasteiger partial charge on any atom is -0.361 e. The van der Waals surface area contributed by atoms with Gasteiger partial charge in [-0.25, -0.2) is 0 Å².